The smallest absolute Gasteiger partial charge is 0.239 e. The number of benzene rings is 1. The van der Waals surface area contributed by atoms with Gasteiger partial charge in [-0.25, -0.2) is 4.98 Å². The van der Waals surface area contributed by atoms with Crippen LogP contribution in [0.2, 0.25) is 0 Å². The summed E-state index contributed by atoms with van der Waals surface area (Å²) in [5.41, 5.74) is 3.16. The first kappa shape index (κ1) is 19.6. The summed E-state index contributed by atoms with van der Waals surface area (Å²) >= 11 is 2.90. The van der Waals surface area contributed by atoms with Crippen LogP contribution < -0.4 is 5.32 Å². The zero-order valence-electron chi connectivity index (χ0n) is 16.1. The van der Waals surface area contributed by atoms with E-state index in [-0.39, 0.29) is 11.2 Å². The number of hydrogen-bond donors (Lipinski definition) is 1. The molecule has 0 aliphatic carbocycles. The summed E-state index contributed by atoms with van der Waals surface area (Å²) in [5.74, 6) is 0.744. The van der Waals surface area contributed by atoms with E-state index >= 15 is 0 Å². The third-order valence-electron chi connectivity index (χ3n) is 4.33. The standard InChI is InChI=1S/C19H23N5OS2/c1-6-24-16(15-10-8-7-9-11(15)2)22-23-19(24)27-14(5)17(25)21-18-20-12(3)13(4)26-18/h7-10,14H,6H2,1-5H3,(H,20,21,25)/t14-/m1/s1. The predicted octanol–water partition coefficient (Wildman–Crippen LogP) is 4.47. The van der Waals surface area contributed by atoms with E-state index in [1.165, 1.54) is 23.1 Å². The second kappa shape index (κ2) is 8.22. The average Bonchev–Trinajstić information content (AvgIpc) is 3.17. The van der Waals surface area contributed by atoms with E-state index in [2.05, 4.69) is 45.0 Å². The Bertz CT molecular complexity index is 943. The molecule has 1 atom stereocenters. The number of aryl methyl sites for hydroxylation is 3. The second-order valence-corrected chi connectivity index (χ2v) is 8.79. The van der Waals surface area contributed by atoms with E-state index in [0.717, 1.165) is 39.2 Å². The van der Waals surface area contributed by atoms with Crippen molar-refractivity contribution in [3.63, 3.8) is 0 Å². The number of amides is 1. The summed E-state index contributed by atoms with van der Waals surface area (Å²) < 4.78 is 2.05. The van der Waals surface area contributed by atoms with E-state index in [4.69, 9.17) is 0 Å². The minimum absolute atomic E-state index is 0.0863. The molecule has 3 rings (SSSR count). The topological polar surface area (TPSA) is 72.7 Å². The van der Waals surface area contributed by atoms with Crippen molar-refractivity contribution in [2.45, 2.75) is 51.6 Å². The van der Waals surface area contributed by atoms with Gasteiger partial charge in [-0.1, -0.05) is 36.0 Å². The van der Waals surface area contributed by atoms with Crippen molar-refractivity contribution in [2.24, 2.45) is 0 Å². The van der Waals surface area contributed by atoms with Crippen LogP contribution in [0.1, 0.15) is 30.0 Å². The zero-order chi connectivity index (χ0) is 19.6. The van der Waals surface area contributed by atoms with Gasteiger partial charge in [0.05, 0.1) is 10.9 Å². The van der Waals surface area contributed by atoms with Gasteiger partial charge in [0.15, 0.2) is 16.1 Å². The number of nitrogens with one attached hydrogen (secondary N) is 1. The second-order valence-electron chi connectivity index (χ2n) is 6.28. The molecule has 1 aromatic carbocycles. The molecular weight excluding hydrogens is 378 g/mol. The lowest BCUT2D eigenvalue weighted by Crippen LogP contribution is -2.22. The van der Waals surface area contributed by atoms with Gasteiger partial charge in [0.2, 0.25) is 5.91 Å². The number of nitrogens with zero attached hydrogens (tertiary/aromatic N) is 4. The van der Waals surface area contributed by atoms with E-state index in [1.807, 2.05) is 39.0 Å². The van der Waals surface area contributed by atoms with Crippen molar-refractivity contribution < 1.29 is 4.79 Å². The molecule has 0 aliphatic heterocycles. The summed E-state index contributed by atoms with van der Waals surface area (Å²) in [4.78, 5) is 18.0. The highest BCUT2D eigenvalue weighted by Crippen LogP contribution is 2.29. The minimum Gasteiger partial charge on any atom is -0.302 e. The molecule has 0 bridgehead atoms. The number of carbonyl (C=O) groups is 1. The van der Waals surface area contributed by atoms with Gasteiger partial charge >= 0.3 is 0 Å². The average molecular weight is 402 g/mol. The largest absolute Gasteiger partial charge is 0.302 e. The third kappa shape index (κ3) is 4.22. The molecule has 8 heteroatoms. The molecule has 6 nitrogen and oxygen atoms in total. The van der Waals surface area contributed by atoms with Crippen LogP contribution in [0.4, 0.5) is 5.13 Å². The summed E-state index contributed by atoms with van der Waals surface area (Å²) in [6.45, 7) is 10.7. The van der Waals surface area contributed by atoms with Crippen LogP contribution in [0.25, 0.3) is 11.4 Å². The molecular formula is C19H23N5OS2. The van der Waals surface area contributed by atoms with Crippen LogP contribution in [0.3, 0.4) is 0 Å². The van der Waals surface area contributed by atoms with Crippen LogP contribution >= 0.6 is 23.1 Å². The summed E-state index contributed by atoms with van der Waals surface area (Å²) in [6.07, 6.45) is 0. The van der Waals surface area contributed by atoms with Crippen molar-refractivity contribution in [3.05, 3.63) is 40.4 Å². The monoisotopic (exact) mass is 401 g/mol. The van der Waals surface area contributed by atoms with Gasteiger partial charge in [-0.15, -0.1) is 21.5 Å². The maximum atomic E-state index is 12.5. The summed E-state index contributed by atoms with van der Waals surface area (Å²) in [6, 6.07) is 8.11. The van der Waals surface area contributed by atoms with Crippen LogP contribution in [0.15, 0.2) is 29.4 Å². The quantitative estimate of drug-likeness (QED) is 0.617. The van der Waals surface area contributed by atoms with Crippen molar-refractivity contribution in [3.8, 4) is 11.4 Å². The molecule has 1 amide bonds. The molecule has 27 heavy (non-hydrogen) atoms. The third-order valence-corrected chi connectivity index (χ3v) is 6.40. The Kier molecular flexibility index (Phi) is 5.96. The lowest BCUT2D eigenvalue weighted by Gasteiger charge is -2.12. The number of thioether (sulfide) groups is 1. The first-order chi connectivity index (χ1) is 12.9. The molecule has 3 aromatic rings. The fraction of sp³-hybridized carbons (Fsp3) is 0.368. The molecule has 0 unspecified atom stereocenters. The predicted molar refractivity (Wildman–Crippen MR) is 111 cm³/mol. The van der Waals surface area contributed by atoms with Gasteiger partial charge < -0.3 is 9.88 Å². The Balaban J connectivity index is 1.77. The first-order valence-corrected chi connectivity index (χ1v) is 10.5. The zero-order valence-corrected chi connectivity index (χ0v) is 17.7. The number of anilines is 1. The lowest BCUT2D eigenvalue weighted by atomic mass is 10.1. The maximum Gasteiger partial charge on any atom is 0.239 e. The minimum atomic E-state index is -0.311. The van der Waals surface area contributed by atoms with Crippen molar-refractivity contribution >= 4 is 34.1 Å². The molecule has 2 heterocycles. The molecule has 0 saturated heterocycles. The van der Waals surface area contributed by atoms with Crippen molar-refractivity contribution in [1.29, 1.82) is 0 Å². The van der Waals surface area contributed by atoms with Crippen LogP contribution in [-0.4, -0.2) is 30.9 Å². The molecule has 0 fully saturated rings. The molecule has 0 spiro atoms. The normalized spacial score (nSPS) is 12.2. The molecule has 0 saturated carbocycles. The number of thiazole rings is 1. The number of rotatable bonds is 6. The maximum absolute atomic E-state index is 12.5. The highest BCUT2D eigenvalue weighted by molar-refractivity contribution is 8.00. The van der Waals surface area contributed by atoms with Gasteiger partial charge in [0.25, 0.3) is 0 Å². The van der Waals surface area contributed by atoms with Crippen LogP contribution in [0.5, 0.6) is 0 Å². The molecule has 1 N–H and O–H groups in total. The Morgan fingerprint density at radius 3 is 2.63 bits per heavy atom. The Morgan fingerprint density at radius 2 is 2.00 bits per heavy atom. The van der Waals surface area contributed by atoms with Gasteiger partial charge in [0.1, 0.15) is 0 Å². The Labute approximate surface area is 167 Å². The number of aromatic nitrogens is 4. The SMILES string of the molecule is CCn1c(S[C@H](C)C(=O)Nc2nc(C)c(C)s2)nnc1-c1ccccc1C. The number of hydrogen-bond acceptors (Lipinski definition) is 6. The molecule has 142 valence electrons. The van der Waals surface area contributed by atoms with Gasteiger partial charge in [-0.3, -0.25) is 4.79 Å². The van der Waals surface area contributed by atoms with E-state index < -0.39 is 0 Å². The van der Waals surface area contributed by atoms with Crippen molar-refractivity contribution in [2.75, 3.05) is 5.32 Å². The van der Waals surface area contributed by atoms with E-state index in [1.54, 1.807) is 0 Å². The Morgan fingerprint density at radius 1 is 1.26 bits per heavy atom. The highest BCUT2D eigenvalue weighted by atomic mass is 32.2. The van der Waals surface area contributed by atoms with Gasteiger partial charge in [-0.2, -0.15) is 0 Å². The molecule has 0 aliphatic rings. The van der Waals surface area contributed by atoms with Gasteiger partial charge in [-0.05, 0) is 40.2 Å². The van der Waals surface area contributed by atoms with Crippen LogP contribution in [0, 0.1) is 20.8 Å². The first-order valence-electron chi connectivity index (χ1n) is 8.81. The summed E-state index contributed by atoms with van der Waals surface area (Å²) in [5, 5.41) is 12.7. The van der Waals surface area contributed by atoms with Gasteiger partial charge in [0, 0.05) is 17.0 Å². The van der Waals surface area contributed by atoms with E-state index in [0.29, 0.717) is 5.13 Å². The van der Waals surface area contributed by atoms with Crippen molar-refractivity contribution in [1.82, 2.24) is 19.7 Å². The van der Waals surface area contributed by atoms with Crippen LogP contribution in [-0.2, 0) is 11.3 Å². The lowest BCUT2D eigenvalue weighted by molar-refractivity contribution is -0.115. The molecule has 2 aromatic heterocycles. The van der Waals surface area contributed by atoms with E-state index in [9.17, 15) is 4.79 Å². The fourth-order valence-electron chi connectivity index (χ4n) is 2.63. The molecule has 0 radical (unpaired) electrons. The fourth-order valence-corrected chi connectivity index (χ4v) is 4.36. The Hall–Kier alpha value is -2.19. The summed E-state index contributed by atoms with van der Waals surface area (Å²) in [7, 11) is 0. The highest BCUT2D eigenvalue weighted by Gasteiger charge is 2.21. The number of carbonyl (C=O) groups excluding carboxylic acids is 1.